The predicted octanol–water partition coefficient (Wildman–Crippen LogP) is 2.87. The molecule has 0 spiro atoms. The lowest BCUT2D eigenvalue weighted by atomic mass is 9.88. The summed E-state index contributed by atoms with van der Waals surface area (Å²) in [4.78, 5) is 0. The van der Waals surface area contributed by atoms with E-state index in [0.717, 1.165) is 51.9 Å². The molecular weight excluding hydrogens is 1260 g/mol. The monoisotopic (exact) mass is 1350 g/mol. The molecule has 9 aromatic rings. The van der Waals surface area contributed by atoms with E-state index in [-0.39, 0.29) is 67.9 Å². The fraction of sp³-hybridized carbons (Fsp3) is 0.324. The van der Waals surface area contributed by atoms with Crippen LogP contribution >= 0.6 is 0 Å². The smallest absolute Gasteiger partial charge is 0.172 e. The third-order valence-corrected chi connectivity index (χ3v) is 15.7. The summed E-state index contributed by atoms with van der Waals surface area (Å²) >= 11 is 0. The van der Waals surface area contributed by atoms with E-state index in [1.807, 2.05) is 0 Å². The van der Waals surface area contributed by atoms with Gasteiger partial charge in [-0.1, -0.05) is 133 Å². The molecule has 430 valence electrons. The number of hydrogen-bond donors (Lipinski definition) is 0. The van der Waals surface area contributed by atoms with Crippen LogP contribution in [-0.4, -0.2) is 0 Å². The fourth-order valence-electron chi connectivity index (χ4n) is 11.5. The second-order valence-corrected chi connectivity index (χ2v) is 22.1. The summed E-state index contributed by atoms with van der Waals surface area (Å²) in [6.45, 7) is 4.28. The maximum absolute atomic E-state index is 2.70. The van der Waals surface area contributed by atoms with Crippen LogP contribution in [0, 0.1) is 0 Å². The Balaban J connectivity index is 0.00000308. The van der Waals surface area contributed by atoms with Crippen molar-refractivity contribution in [3.8, 4) is 0 Å². The zero-order chi connectivity index (χ0) is 53.1. The molecule has 0 aliphatic carbocycles. The molecule has 0 aliphatic heterocycles. The van der Waals surface area contributed by atoms with E-state index in [1.165, 1.54) is 147 Å². The van der Waals surface area contributed by atoms with Crippen molar-refractivity contribution in [2.75, 3.05) is 0 Å². The van der Waals surface area contributed by atoms with Gasteiger partial charge in [0.2, 0.25) is 0 Å². The Morgan fingerprint density at radius 3 is 0.634 bits per heavy atom. The largest absolute Gasteiger partial charge is 1.00 e. The highest BCUT2D eigenvalue weighted by Crippen LogP contribution is 2.26. The first-order valence-electron chi connectivity index (χ1n) is 29.8. The molecule has 5 aromatic carbocycles. The molecule has 0 fully saturated rings. The molecule has 4 nitrogen and oxygen atoms in total. The second kappa shape index (κ2) is 38.5. The SMILES string of the molecule is [Br-].[Br-].[Br-].[Br-].c1ccc(Cc2ccc[n+](CCCCCc3cc(CCCCC[n+]4cccc(Cc5ccccc5)c4)c(CCCCC[n+]4cccc(Cc5ccccc5)c4)cc3CCCCC[n+]3cccc(Cc4ccccc4)c3)c2)cc1. The zero-order valence-electron chi connectivity index (χ0n) is 48.2. The molecule has 9 rings (SSSR count). The topological polar surface area (TPSA) is 15.5 Å². The summed E-state index contributed by atoms with van der Waals surface area (Å²) in [6.07, 6.45) is 41.8. The Hall–Kier alpha value is -5.38. The minimum absolute atomic E-state index is 0. The zero-order valence-corrected chi connectivity index (χ0v) is 54.6. The van der Waals surface area contributed by atoms with Crippen molar-refractivity contribution >= 4 is 0 Å². The maximum atomic E-state index is 2.70. The Labute approximate surface area is 534 Å². The summed E-state index contributed by atoms with van der Waals surface area (Å²) in [5.74, 6) is 0. The normalized spacial score (nSPS) is 10.7. The molecule has 0 amide bonds. The van der Waals surface area contributed by atoms with Crippen molar-refractivity contribution in [3.05, 3.63) is 298 Å². The van der Waals surface area contributed by atoms with Crippen LogP contribution in [0.25, 0.3) is 0 Å². The van der Waals surface area contributed by atoms with Gasteiger partial charge >= 0.3 is 0 Å². The molecule has 0 unspecified atom stereocenters. The van der Waals surface area contributed by atoms with Crippen molar-refractivity contribution in [2.24, 2.45) is 0 Å². The molecule has 0 saturated carbocycles. The Morgan fingerprint density at radius 2 is 0.415 bits per heavy atom. The van der Waals surface area contributed by atoms with E-state index in [4.69, 9.17) is 0 Å². The van der Waals surface area contributed by atoms with E-state index >= 15 is 0 Å². The van der Waals surface area contributed by atoms with Crippen LogP contribution in [-0.2, 0) is 77.5 Å². The average Bonchev–Trinajstić information content (AvgIpc) is 3.62. The van der Waals surface area contributed by atoms with Crippen molar-refractivity contribution < 1.29 is 86.2 Å². The summed E-state index contributed by atoms with van der Waals surface area (Å²) in [6, 6.07) is 66.8. The van der Waals surface area contributed by atoms with Gasteiger partial charge in [-0.3, -0.25) is 0 Å². The predicted molar refractivity (Wildman–Crippen MR) is 320 cm³/mol. The molecule has 0 aliphatic rings. The van der Waals surface area contributed by atoms with Crippen LogP contribution < -0.4 is 86.2 Å². The molecule has 0 radical (unpaired) electrons. The fourth-order valence-corrected chi connectivity index (χ4v) is 11.5. The van der Waals surface area contributed by atoms with Crippen LogP contribution in [0.3, 0.4) is 0 Å². The quantitative estimate of drug-likeness (QED) is 0.0457. The second-order valence-electron chi connectivity index (χ2n) is 22.1. The lowest BCUT2D eigenvalue weighted by Crippen LogP contribution is -3.00. The van der Waals surface area contributed by atoms with Crippen LogP contribution in [0.4, 0.5) is 0 Å². The molecule has 4 heterocycles. The third kappa shape index (κ3) is 23.7. The van der Waals surface area contributed by atoms with E-state index in [9.17, 15) is 0 Å². The number of nitrogens with zero attached hydrogens (tertiary/aromatic N) is 4. The van der Waals surface area contributed by atoms with Gasteiger partial charge in [0.15, 0.2) is 49.6 Å². The highest BCUT2D eigenvalue weighted by Gasteiger charge is 2.14. The summed E-state index contributed by atoms with van der Waals surface area (Å²) in [7, 11) is 0. The molecule has 0 saturated heterocycles. The minimum atomic E-state index is 0. The molecule has 8 heteroatoms. The number of unbranched alkanes of at least 4 members (excludes halogenated alkanes) is 8. The van der Waals surface area contributed by atoms with Crippen molar-refractivity contribution in [2.45, 2.75) is 155 Å². The standard InChI is InChI=1S/C74H86N4.4BrH/c1-9-29-63(30-10-1)53-67-37-25-49-75(59-67)45-21-5-17-41-71-57-73(43-19-7-23-47-77-51-27-39-69(61-77)55-65-33-13-3-14-34-65)74(44-20-8-24-48-78-52-28-40-70(62-78)56-66-35-15-4-16-36-66)58-72(71)42-18-6-22-46-76-50-26-38-68(60-76)54-64-31-11-2-12-32-64;;;;/h1-4,9-16,25-40,49-52,57-62H,5-8,17-24,41-48,53-56H2;4*1H/q+4;;;;/p-4. The first kappa shape index (κ1) is 67.4. The highest BCUT2D eigenvalue weighted by molar-refractivity contribution is 5.39. The van der Waals surface area contributed by atoms with E-state index < -0.39 is 0 Å². The van der Waals surface area contributed by atoms with Crippen LogP contribution in [0.5, 0.6) is 0 Å². The number of aromatic nitrogens is 4. The molecule has 0 bridgehead atoms. The van der Waals surface area contributed by atoms with Crippen molar-refractivity contribution in [1.82, 2.24) is 0 Å². The molecule has 0 N–H and O–H groups in total. The van der Waals surface area contributed by atoms with Crippen LogP contribution in [0.1, 0.15) is 144 Å². The van der Waals surface area contributed by atoms with Gasteiger partial charge in [0.1, 0.15) is 26.2 Å². The van der Waals surface area contributed by atoms with Crippen LogP contribution in [0.15, 0.2) is 232 Å². The summed E-state index contributed by atoms with van der Waals surface area (Å²) in [5, 5.41) is 0. The Kier molecular flexibility index (Phi) is 31.6. The highest BCUT2D eigenvalue weighted by atomic mass is 79.9. The van der Waals surface area contributed by atoms with Gasteiger partial charge in [-0.15, -0.1) is 0 Å². The van der Waals surface area contributed by atoms with Gasteiger partial charge in [0.25, 0.3) is 0 Å². The lowest BCUT2D eigenvalue weighted by molar-refractivity contribution is -0.697. The lowest BCUT2D eigenvalue weighted by Gasteiger charge is -2.17. The number of rotatable bonds is 32. The number of halogens is 4. The third-order valence-electron chi connectivity index (χ3n) is 15.7. The first-order chi connectivity index (χ1) is 38.6. The average molecular weight is 1350 g/mol. The van der Waals surface area contributed by atoms with Crippen molar-refractivity contribution in [3.63, 3.8) is 0 Å². The molecule has 4 aromatic heterocycles. The van der Waals surface area contributed by atoms with Crippen molar-refractivity contribution in [1.29, 1.82) is 0 Å². The maximum Gasteiger partial charge on any atom is 0.172 e. The number of pyridine rings is 4. The van der Waals surface area contributed by atoms with E-state index in [2.05, 4.69) is 250 Å². The van der Waals surface area contributed by atoms with Gasteiger partial charge in [0, 0.05) is 97.9 Å². The Bertz CT molecular complexity index is 2730. The summed E-state index contributed by atoms with van der Waals surface area (Å²) < 4.78 is 9.65. The first-order valence-corrected chi connectivity index (χ1v) is 29.8. The van der Waals surface area contributed by atoms with Crippen LogP contribution in [0.2, 0.25) is 0 Å². The number of hydrogen-bond acceptors (Lipinski definition) is 0. The molecule has 0 atom stereocenters. The van der Waals surface area contributed by atoms with E-state index in [0.29, 0.717) is 0 Å². The minimum Gasteiger partial charge on any atom is -1.00 e. The summed E-state index contributed by atoms with van der Waals surface area (Å²) in [5.41, 5.74) is 17.5. The van der Waals surface area contributed by atoms with Gasteiger partial charge in [-0.25, -0.2) is 18.3 Å². The number of benzene rings is 5. The molecule has 82 heavy (non-hydrogen) atoms. The Morgan fingerprint density at radius 1 is 0.207 bits per heavy atom. The van der Waals surface area contributed by atoms with Gasteiger partial charge < -0.3 is 67.9 Å². The van der Waals surface area contributed by atoms with E-state index in [1.54, 1.807) is 22.3 Å². The van der Waals surface area contributed by atoms with Gasteiger partial charge in [0.05, 0.1) is 0 Å². The molecular formula is C74H86Br4N4. The number of aryl methyl sites for hydroxylation is 8. The van der Waals surface area contributed by atoms with Gasteiger partial charge in [-0.2, -0.15) is 0 Å². The van der Waals surface area contributed by atoms with Gasteiger partial charge in [-0.05, 0) is 146 Å².